The maximum absolute atomic E-state index is 11.9. The number of hydrogen-bond donors (Lipinski definition) is 2. The van der Waals surface area contributed by atoms with Crippen LogP contribution in [0.2, 0.25) is 0 Å². The van der Waals surface area contributed by atoms with E-state index in [1.165, 1.54) is 9.80 Å². The molecule has 2 aromatic carbocycles. The topological polar surface area (TPSA) is 75.2 Å². The number of aliphatic imine (C=N–C) groups is 1. The number of methoxy groups -OCH3 is 2. The molecule has 9 heteroatoms. The van der Waals surface area contributed by atoms with E-state index in [1.807, 2.05) is 36.4 Å². The fourth-order valence-corrected chi connectivity index (χ4v) is 3.47. The lowest BCUT2D eigenvalue weighted by Gasteiger charge is -2.14. The Hall–Kier alpha value is -2.14. The normalized spacial score (nSPS) is 10.7. The molecule has 0 aromatic heterocycles. The van der Waals surface area contributed by atoms with Crippen molar-refractivity contribution in [2.45, 2.75) is 11.3 Å². The van der Waals surface area contributed by atoms with E-state index in [0.717, 1.165) is 24.3 Å². The van der Waals surface area contributed by atoms with E-state index in [4.69, 9.17) is 9.47 Å². The summed E-state index contributed by atoms with van der Waals surface area (Å²) in [4.78, 5) is 19.1. The van der Waals surface area contributed by atoms with Gasteiger partial charge in [-0.2, -0.15) is 0 Å². The number of amides is 1. The van der Waals surface area contributed by atoms with E-state index in [9.17, 15) is 4.79 Å². The summed E-state index contributed by atoms with van der Waals surface area (Å²) in [5, 5.41) is 6.63. The Labute approximate surface area is 212 Å². The van der Waals surface area contributed by atoms with Crippen molar-refractivity contribution in [2.75, 3.05) is 53.7 Å². The predicted molar refractivity (Wildman–Crippen MR) is 143 cm³/mol. The first kappa shape index (κ1) is 27.9. The third-order valence-corrected chi connectivity index (χ3v) is 5.45. The molecule has 0 aliphatic rings. The molecule has 1 amide bonds. The summed E-state index contributed by atoms with van der Waals surface area (Å²) in [7, 11) is 6.71. The Morgan fingerprint density at radius 1 is 1.00 bits per heavy atom. The molecule has 0 spiro atoms. The summed E-state index contributed by atoms with van der Waals surface area (Å²) in [6, 6.07) is 16.1. The van der Waals surface area contributed by atoms with Gasteiger partial charge < -0.3 is 25.0 Å². The van der Waals surface area contributed by atoms with E-state index in [2.05, 4.69) is 27.8 Å². The third kappa shape index (κ3) is 9.99. The highest BCUT2D eigenvalue weighted by Gasteiger charge is 2.07. The minimum atomic E-state index is -0.0420. The molecule has 0 saturated carbocycles. The van der Waals surface area contributed by atoms with Crippen LogP contribution in [0.15, 0.2) is 58.4 Å². The Bertz CT molecular complexity index is 850. The first-order valence-corrected chi connectivity index (χ1v) is 11.1. The summed E-state index contributed by atoms with van der Waals surface area (Å²) in [6.07, 6.45) is 0.779. The Morgan fingerprint density at radius 2 is 1.69 bits per heavy atom. The number of halogens is 1. The smallest absolute Gasteiger partial charge is 0.243 e. The molecular formula is C23H33IN4O3S. The summed E-state index contributed by atoms with van der Waals surface area (Å²) < 4.78 is 10.7. The lowest BCUT2D eigenvalue weighted by atomic mass is 10.1. The van der Waals surface area contributed by atoms with Gasteiger partial charge in [-0.25, -0.2) is 4.99 Å². The van der Waals surface area contributed by atoms with Crippen molar-refractivity contribution in [1.82, 2.24) is 15.5 Å². The summed E-state index contributed by atoms with van der Waals surface area (Å²) in [5.74, 6) is 2.90. The van der Waals surface area contributed by atoms with E-state index < -0.39 is 0 Å². The van der Waals surface area contributed by atoms with Crippen LogP contribution in [-0.2, 0) is 11.2 Å². The number of carbonyl (C=O) groups excluding carboxylic acids is 1. The van der Waals surface area contributed by atoms with Gasteiger partial charge in [0.25, 0.3) is 0 Å². The van der Waals surface area contributed by atoms with Gasteiger partial charge in [0.2, 0.25) is 5.91 Å². The van der Waals surface area contributed by atoms with Crippen LogP contribution in [0.4, 0.5) is 0 Å². The number of hydrogen-bond acceptors (Lipinski definition) is 5. The third-order valence-electron chi connectivity index (χ3n) is 4.43. The zero-order valence-corrected chi connectivity index (χ0v) is 22.2. The maximum atomic E-state index is 11.9. The van der Waals surface area contributed by atoms with Crippen molar-refractivity contribution in [1.29, 1.82) is 0 Å². The highest BCUT2D eigenvalue weighted by atomic mass is 127. The molecule has 0 aliphatic carbocycles. The van der Waals surface area contributed by atoms with Gasteiger partial charge in [0.05, 0.1) is 14.2 Å². The molecule has 0 atom stereocenters. The molecule has 0 unspecified atom stereocenters. The number of rotatable bonds is 11. The second-order valence-corrected chi connectivity index (χ2v) is 8.08. The van der Waals surface area contributed by atoms with Gasteiger partial charge >= 0.3 is 0 Å². The second kappa shape index (κ2) is 15.6. The summed E-state index contributed by atoms with van der Waals surface area (Å²) >= 11 is 1.77. The van der Waals surface area contributed by atoms with Crippen LogP contribution in [0.25, 0.3) is 0 Å². The monoisotopic (exact) mass is 572 g/mol. The number of carbonyl (C=O) groups is 1. The Kier molecular flexibility index (Phi) is 13.6. The average molecular weight is 573 g/mol. The van der Waals surface area contributed by atoms with Gasteiger partial charge in [0, 0.05) is 37.8 Å². The molecule has 0 aliphatic heterocycles. The van der Waals surface area contributed by atoms with E-state index in [1.54, 1.807) is 40.1 Å². The van der Waals surface area contributed by atoms with Crippen LogP contribution in [0.3, 0.4) is 0 Å². The van der Waals surface area contributed by atoms with Gasteiger partial charge in [-0.1, -0.05) is 24.3 Å². The number of benzene rings is 2. The predicted octanol–water partition coefficient (Wildman–Crippen LogP) is 3.28. The molecule has 2 N–H and O–H groups in total. The molecule has 0 radical (unpaired) electrons. The SMILES string of the molecule is COc1ccc(CCNC(=NCC(=O)N(C)C)NCCSc2ccccc2)cc1OC.I. The van der Waals surface area contributed by atoms with Crippen LogP contribution in [0.5, 0.6) is 11.5 Å². The molecule has 0 heterocycles. The molecule has 7 nitrogen and oxygen atoms in total. The molecular weight excluding hydrogens is 539 g/mol. The van der Waals surface area contributed by atoms with E-state index in [0.29, 0.717) is 24.0 Å². The molecule has 2 rings (SSSR count). The number of nitrogens with zero attached hydrogens (tertiary/aromatic N) is 2. The first-order chi connectivity index (χ1) is 15.0. The number of nitrogens with one attached hydrogen (secondary N) is 2. The molecule has 32 heavy (non-hydrogen) atoms. The maximum Gasteiger partial charge on any atom is 0.243 e. The van der Waals surface area contributed by atoms with Crippen molar-refractivity contribution in [2.24, 2.45) is 4.99 Å². The lowest BCUT2D eigenvalue weighted by molar-refractivity contribution is -0.127. The highest BCUT2D eigenvalue weighted by molar-refractivity contribution is 14.0. The number of guanidine groups is 1. The Morgan fingerprint density at radius 3 is 2.34 bits per heavy atom. The van der Waals surface area contributed by atoms with Crippen LogP contribution in [0, 0.1) is 0 Å². The summed E-state index contributed by atoms with van der Waals surface area (Å²) in [5.41, 5.74) is 1.12. The van der Waals surface area contributed by atoms with Gasteiger partial charge in [0.1, 0.15) is 6.54 Å². The average Bonchev–Trinajstić information content (AvgIpc) is 2.79. The van der Waals surface area contributed by atoms with E-state index in [-0.39, 0.29) is 36.4 Å². The van der Waals surface area contributed by atoms with Crippen LogP contribution in [-0.4, -0.2) is 70.5 Å². The van der Waals surface area contributed by atoms with Gasteiger partial charge in [-0.05, 0) is 36.2 Å². The molecule has 0 bridgehead atoms. The number of likely N-dealkylation sites (N-methyl/N-ethyl adjacent to an activating group) is 1. The minimum Gasteiger partial charge on any atom is -0.493 e. The number of thioether (sulfide) groups is 1. The van der Waals surface area contributed by atoms with Crippen molar-refractivity contribution >= 4 is 47.6 Å². The van der Waals surface area contributed by atoms with Gasteiger partial charge in [0.15, 0.2) is 17.5 Å². The standard InChI is InChI=1S/C23H32N4O3S.HI/c1-27(2)22(28)17-26-23(25-14-15-31-19-8-6-5-7-9-19)24-13-12-18-10-11-20(29-3)21(16-18)30-4;/h5-11,16H,12-15,17H2,1-4H3,(H2,24,25,26);1H. The van der Waals surface area contributed by atoms with Crippen LogP contribution < -0.4 is 20.1 Å². The molecule has 0 fully saturated rings. The second-order valence-electron chi connectivity index (χ2n) is 6.91. The van der Waals surface area contributed by atoms with Gasteiger partial charge in [-0.3, -0.25) is 4.79 Å². The highest BCUT2D eigenvalue weighted by Crippen LogP contribution is 2.27. The van der Waals surface area contributed by atoms with Crippen molar-refractivity contribution < 1.29 is 14.3 Å². The van der Waals surface area contributed by atoms with Crippen LogP contribution in [0.1, 0.15) is 5.56 Å². The summed E-state index contributed by atoms with van der Waals surface area (Å²) in [6.45, 7) is 1.51. The fraction of sp³-hybridized carbons (Fsp3) is 0.391. The fourth-order valence-electron chi connectivity index (χ4n) is 2.68. The molecule has 176 valence electrons. The lowest BCUT2D eigenvalue weighted by Crippen LogP contribution is -2.40. The van der Waals surface area contributed by atoms with Crippen LogP contribution >= 0.6 is 35.7 Å². The van der Waals surface area contributed by atoms with Crippen molar-refractivity contribution in [3.8, 4) is 11.5 Å². The minimum absolute atomic E-state index is 0. The molecule has 2 aromatic rings. The zero-order chi connectivity index (χ0) is 22.5. The quantitative estimate of drug-likeness (QED) is 0.142. The first-order valence-electron chi connectivity index (χ1n) is 10.1. The van der Waals surface area contributed by atoms with Crippen molar-refractivity contribution in [3.05, 3.63) is 54.1 Å². The zero-order valence-electron chi connectivity index (χ0n) is 19.1. The Balaban J connectivity index is 0.00000512. The van der Waals surface area contributed by atoms with Gasteiger partial charge in [-0.15, -0.1) is 35.7 Å². The number of ether oxygens (including phenoxy) is 2. The van der Waals surface area contributed by atoms with E-state index >= 15 is 0 Å². The largest absolute Gasteiger partial charge is 0.493 e. The van der Waals surface area contributed by atoms with Crippen molar-refractivity contribution in [3.63, 3.8) is 0 Å². The molecule has 0 saturated heterocycles.